The number of β-amino-alcohol motifs (C(OH)–C–C–N with tert-alkyl or cyclic N) is 1. The van der Waals surface area contributed by atoms with Crippen LogP contribution in [0.3, 0.4) is 0 Å². The number of Topliss-reactive ketones (excluding diaryl/α,β-unsaturated/α-hetero) is 2. The monoisotopic (exact) mass is 699 g/mol. The van der Waals surface area contributed by atoms with Crippen molar-refractivity contribution in [1.29, 1.82) is 0 Å². The summed E-state index contributed by atoms with van der Waals surface area (Å²) in [6, 6.07) is 0.609. The van der Waals surface area contributed by atoms with Crippen LogP contribution in [0.1, 0.15) is 91.9 Å². The summed E-state index contributed by atoms with van der Waals surface area (Å²) in [7, 11) is 0. The van der Waals surface area contributed by atoms with Gasteiger partial charge < -0.3 is 29.5 Å². The molecule has 4 aliphatic rings. The summed E-state index contributed by atoms with van der Waals surface area (Å²) in [5, 5.41) is 20.4. The molecule has 0 unspecified atom stereocenters. The third-order valence-corrected chi connectivity index (χ3v) is 11.0. The highest BCUT2D eigenvalue weighted by molar-refractivity contribution is 6.38. The molecule has 2 aliphatic carbocycles. The highest BCUT2D eigenvalue weighted by atomic mass is 16.6. The number of rotatable bonds is 7. The summed E-state index contributed by atoms with van der Waals surface area (Å²) in [5.41, 5.74) is 0.687. The third kappa shape index (κ3) is 11.8. The summed E-state index contributed by atoms with van der Waals surface area (Å²) in [6.07, 6.45) is 15.2. The first-order chi connectivity index (χ1) is 23.9. The van der Waals surface area contributed by atoms with Gasteiger partial charge in [-0.25, -0.2) is 9.59 Å². The largest absolute Gasteiger partial charge is 0.449 e. The first-order valence-corrected chi connectivity index (χ1v) is 19.0. The Morgan fingerprint density at radius 2 is 1.58 bits per heavy atom. The molecule has 2 N–H and O–H groups in total. The van der Waals surface area contributed by atoms with Crippen LogP contribution in [0.25, 0.3) is 0 Å². The summed E-state index contributed by atoms with van der Waals surface area (Å²) >= 11 is 0. The number of allylic oxidation sites excluding steroid dienone is 4. The Balaban J connectivity index is 1.39. The van der Waals surface area contributed by atoms with Gasteiger partial charge in [0.15, 0.2) is 0 Å². The van der Waals surface area contributed by atoms with E-state index in [0.29, 0.717) is 50.5 Å². The molecule has 7 atom stereocenters. The second-order valence-corrected chi connectivity index (χ2v) is 15.2. The van der Waals surface area contributed by atoms with Crippen LogP contribution in [0, 0.1) is 23.7 Å². The van der Waals surface area contributed by atoms with Gasteiger partial charge in [-0.15, -0.1) is 0 Å². The van der Waals surface area contributed by atoms with Crippen molar-refractivity contribution in [3.8, 4) is 0 Å². The minimum atomic E-state index is -0.960. The quantitative estimate of drug-likeness (QED) is 0.157. The number of hydrogen-bond acceptors (Lipinski definition) is 9. The van der Waals surface area contributed by atoms with Crippen LogP contribution in [0.5, 0.6) is 0 Å². The summed E-state index contributed by atoms with van der Waals surface area (Å²) in [6.45, 7) is 11.5. The number of hydrogen-bond donors (Lipinski definition) is 2. The second-order valence-electron chi connectivity index (χ2n) is 15.2. The molecule has 3 fully saturated rings. The first kappa shape index (κ1) is 39.8. The fourth-order valence-electron chi connectivity index (χ4n) is 7.65. The molecule has 0 aromatic heterocycles. The van der Waals surface area contributed by atoms with Crippen LogP contribution in [-0.2, 0) is 19.1 Å². The lowest BCUT2D eigenvalue weighted by Crippen LogP contribution is -2.52. The van der Waals surface area contributed by atoms with Crippen LogP contribution in [-0.4, -0.2) is 119 Å². The van der Waals surface area contributed by atoms with Gasteiger partial charge in [-0.3, -0.25) is 14.5 Å². The number of carbonyl (C=O) groups excluding carboxylic acids is 4. The molecule has 0 radical (unpaired) electrons. The van der Waals surface area contributed by atoms with Gasteiger partial charge in [-0.1, -0.05) is 76.3 Å². The summed E-state index contributed by atoms with van der Waals surface area (Å²) < 4.78 is 11.5. The molecule has 0 bridgehead atoms. The van der Waals surface area contributed by atoms with E-state index in [1.165, 1.54) is 43.4 Å². The van der Waals surface area contributed by atoms with Crippen LogP contribution < -0.4 is 0 Å². The number of nitrogens with zero attached hydrogens (tertiary/aromatic N) is 3. The molecule has 1 saturated carbocycles. The number of carbonyl (C=O) groups is 4. The second kappa shape index (κ2) is 19.6. The maximum atomic E-state index is 13.5. The maximum absolute atomic E-state index is 13.5. The highest BCUT2D eigenvalue weighted by Crippen LogP contribution is 2.28. The van der Waals surface area contributed by atoms with Gasteiger partial charge in [0.1, 0.15) is 6.10 Å². The van der Waals surface area contributed by atoms with Crippen molar-refractivity contribution in [3.05, 3.63) is 36.0 Å². The van der Waals surface area contributed by atoms with E-state index in [0.717, 1.165) is 13.1 Å². The molecule has 2 aliphatic heterocycles. The number of piperazine rings is 1. The van der Waals surface area contributed by atoms with Crippen LogP contribution in [0.4, 0.5) is 9.59 Å². The van der Waals surface area contributed by atoms with E-state index in [2.05, 4.69) is 4.90 Å². The zero-order valence-corrected chi connectivity index (χ0v) is 30.7. The molecular formula is C39H61N3O8. The Morgan fingerprint density at radius 1 is 0.880 bits per heavy atom. The predicted octanol–water partition coefficient (Wildman–Crippen LogP) is 5.30. The molecule has 2 amide bonds. The molecule has 280 valence electrons. The van der Waals surface area contributed by atoms with Gasteiger partial charge in [0.25, 0.3) is 0 Å². The highest BCUT2D eigenvalue weighted by Gasteiger charge is 2.34. The zero-order valence-electron chi connectivity index (χ0n) is 30.7. The summed E-state index contributed by atoms with van der Waals surface area (Å²) in [4.78, 5) is 58.1. The van der Waals surface area contributed by atoms with Gasteiger partial charge >= 0.3 is 12.2 Å². The Labute approximate surface area is 298 Å². The van der Waals surface area contributed by atoms with E-state index >= 15 is 0 Å². The fraction of sp³-hybridized carbons (Fsp3) is 0.744. The van der Waals surface area contributed by atoms with Crippen molar-refractivity contribution in [2.75, 3.05) is 45.9 Å². The van der Waals surface area contributed by atoms with Gasteiger partial charge in [-0.05, 0) is 56.9 Å². The van der Waals surface area contributed by atoms with Gasteiger partial charge in [0.2, 0.25) is 11.6 Å². The van der Waals surface area contributed by atoms with E-state index in [9.17, 15) is 29.4 Å². The van der Waals surface area contributed by atoms with E-state index in [-0.39, 0.29) is 43.4 Å². The van der Waals surface area contributed by atoms with Crippen molar-refractivity contribution in [2.45, 2.75) is 116 Å². The minimum Gasteiger partial charge on any atom is -0.449 e. The van der Waals surface area contributed by atoms with Gasteiger partial charge in [-0.2, -0.15) is 0 Å². The maximum Gasteiger partial charge on any atom is 0.410 e. The van der Waals surface area contributed by atoms with Crippen LogP contribution in [0.2, 0.25) is 0 Å². The van der Waals surface area contributed by atoms with E-state index in [4.69, 9.17) is 9.47 Å². The number of aliphatic hydroxyl groups excluding tert-OH is 2. The van der Waals surface area contributed by atoms with E-state index in [1.807, 2.05) is 45.9 Å². The lowest BCUT2D eigenvalue weighted by molar-refractivity contribution is -0.140. The molecule has 0 aromatic carbocycles. The minimum absolute atomic E-state index is 0.0984. The summed E-state index contributed by atoms with van der Waals surface area (Å²) in [5.74, 6) is -2.48. The van der Waals surface area contributed by atoms with Crippen LogP contribution >= 0.6 is 0 Å². The standard InChI is InChI=1S/C39H61N3O8/c1-27(26-49-38(47)42-19-18-33(44)25-42)10-9-11-29(3)36-30(4)15-17-35(28(2)14-16-32(43)24-34(45)37(36)46)50-39(48)41-22-20-40(21-23-41)31-12-7-5-6-8-13-31/h9-11,15,17,27-28,30-33,35-36,43-44H,5-8,12-14,16,18-26H2,1-4H3/b10-9+,17-15+,29-11+/t27-,28-,30+,32+,33-,35+,36-/m1/s1. The van der Waals surface area contributed by atoms with E-state index in [1.54, 1.807) is 17.1 Å². The van der Waals surface area contributed by atoms with Crippen molar-refractivity contribution in [1.82, 2.24) is 14.7 Å². The number of ketones is 2. The molecule has 0 aromatic rings. The molecule has 11 nitrogen and oxygen atoms in total. The van der Waals surface area contributed by atoms with Gasteiger partial charge in [0, 0.05) is 57.6 Å². The van der Waals surface area contributed by atoms with Crippen molar-refractivity contribution in [2.24, 2.45) is 23.7 Å². The molecule has 4 rings (SSSR count). The Kier molecular flexibility index (Phi) is 15.5. The number of aliphatic hydroxyl groups is 2. The normalized spacial score (nSPS) is 31.5. The molecule has 0 spiro atoms. The number of ether oxygens (including phenoxy) is 2. The zero-order chi connectivity index (χ0) is 36.2. The van der Waals surface area contributed by atoms with Crippen molar-refractivity contribution >= 4 is 23.8 Å². The Hall–Kier alpha value is -3.02. The smallest absolute Gasteiger partial charge is 0.410 e. The average Bonchev–Trinajstić information content (AvgIpc) is 3.35. The molecular weight excluding hydrogens is 638 g/mol. The first-order valence-electron chi connectivity index (χ1n) is 19.0. The van der Waals surface area contributed by atoms with Crippen molar-refractivity contribution in [3.63, 3.8) is 0 Å². The lowest BCUT2D eigenvalue weighted by Gasteiger charge is -2.39. The van der Waals surface area contributed by atoms with E-state index < -0.39 is 41.9 Å². The molecule has 2 saturated heterocycles. The topological polar surface area (TPSA) is 137 Å². The fourth-order valence-corrected chi connectivity index (χ4v) is 7.65. The van der Waals surface area contributed by atoms with Gasteiger partial charge in [0.05, 0.1) is 24.7 Å². The molecule has 50 heavy (non-hydrogen) atoms. The molecule has 11 heteroatoms. The van der Waals surface area contributed by atoms with Crippen LogP contribution in [0.15, 0.2) is 36.0 Å². The SMILES string of the molecule is C/C(=C\C=C\[C@@H](C)COC(=O)N1CC[C@@H](O)C1)[C@H]1C(=O)C(=O)C[C@@H](O)CC[C@@H](C)[C@@H](OC(=O)N2CCN(C3CCCCCC3)CC2)/C=C/[C@@H]1C. The lowest BCUT2D eigenvalue weighted by atomic mass is 9.80. The Bertz CT molecular complexity index is 1230. The number of amides is 2. The number of likely N-dealkylation sites (tertiary alicyclic amines) is 1. The molecule has 2 heterocycles. The average molecular weight is 700 g/mol. The predicted molar refractivity (Wildman–Crippen MR) is 191 cm³/mol. The van der Waals surface area contributed by atoms with Crippen molar-refractivity contribution < 1.29 is 38.9 Å². The Morgan fingerprint density at radius 3 is 2.24 bits per heavy atom. The third-order valence-electron chi connectivity index (χ3n) is 11.0.